The Hall–Kier alpha value is -2.94. The van der Waals surface area contributed by atoms with Crippen LogP contribution in [0.3, 0.4) is 0 Å². The molecule has 0 N–H and O–H groups in total. The van der Waals surface area contributed by atoms with Crippen molar-refractivity contribution in [3.63, 3.8) is 0 Å². The van der Waals surface area contributed by atoms with Crippen molar-refractivity contribution < 1.29 is 9.59 Å². The van der Waals surface area contributed by atoms with Gasteiger partial charge >= 0.3 is 0 Å². The van der Waals surface area contributed by atoms with Crippen LogP contribution in [0.15, 0.2) is 72.8 Å². The van der Waals surface area contributed by atoms with Crippen molar-refractivity contribution >= 4 is 22.6 Å². The van der Waals surface area contributed by atoms with Gasteiger partial charge in [0.25, 0.3) is 0 Å². The van der Waals surface area contributed by atoms with Crippen molar-refractivity contribution in [3.05, 3.63) is 83.9 Å². The number of carbonyl (C=O) groups is 2. The van der Waals surface area contributed by atoms with E-state index in [1.54, 1.807) is 0 Å². The quantitative estimate of drug-likeness (QED) is 0.688. The molecule has 0 aliphatic carbocycles. The van der Waals surface area contributed by atoms with Gasteiger partial charge in [-0.05, 0) is 21.9 Å². The summed E-state index contributed by atoms with van der Waals surface area (Å²) < 4.78 is 0. The number of likely N-dealkylation sites (tertiary alicyclic amines) is 1. The van der Waals surface area contributed by atoms with Gasteiger partial charge in [-0.2, -0.15) is 0 Å². The first-order valence-corrected chi connectivity index (χ1v) is 8.09. The maximum Gasteiger partial charge on any atom is 0.237 e. The van der Waals surface area contributed by atoms with Crippen LogP contribution in [-0.4, -0.2) is 16.7 Å². The summed E-state index contributed by atoms with van der Waals surface area (Å²) in [4.78, 5) is 26.5. The third-order valence-corrected chi connectivity index (χ3v) is 4.60. The lowest BCUT2D eigenvalue weighted by atomic mass is 9.95. The van der Waals surface area contributed by atoms with E-state index in [0.717, 1.165) is 21.9 Å². The van der Waals surface area contributed by atoms with Crippen molar-refractivity contribution in [1.82, 2.24) is 4.90 Å². The van der Waals surface area contributed by atoms with Crippen molar-refractivity contribution in [2.75, 3.05) is 0 Å². The molecule has 4 rings (SSSR count). The number of amides is 2. The molecule has 1 atom stereocenters. The normalized spacial score (nSPS) is 17.7. The second kappa shape index (κ2) is 5.93. The minimum atomic E-state index is -0.370. The van der Waals surface area contributed by atoms with Gasteiger partial charge in [0.05, 0.1) is 12.5 Å². The van der Waals surface area contributed by atoms with Crippen molar-refractivity contribution in [2.24, 2.45) is 0 Å². The lowest BCUT2D eigenvalue weighted by Gasteiger charge is -2.15. The first-order valence-electron chi connectivity index (χ1n) is 8.09. The van der Waals surface area contributed by atoms with Crippen LogP contribution >= 0.6 is 0 Å². The molecular weight excluding hydrogens is 298 g/mol. The van der Waals surface area contributed by atoms with E-state index in [4.69, 9.17) is 0 Å². The summed E-state index contributed by atoms with van der Waals surface area (Å²) in [6.07, 6.45) is 0.254. The van der Waals surface area contributed by atoms with E-state index < -0.39 is 0 Å². The highest BCUT2D eigenvalue weighted by Gasteiger charge is 2.39. The maximum absolute atomic E-state index is 12.8. The van der Waals surface area contributed by atoms with Gasteiger partial charge in [0.2, 0.25) is 11.8 Å². The fraction of sp³-hybridized carbons (Fsp3) is 0.143. The van der Waals surface area contributed by atoms with Gasteiger partial charge in [-0.1, -0.05) is 72.8 Å². The molecule has 118 valence electrons. The van der Waals surface area contributed by atoms with Gasteiger partial charge in [-0.15, -0.1) is 0 Å². The summed E-state index contributed by atoms with van der Waals surface area (Å²) in [7, 11) is 0. The fourth-order valence-corrected chi connectivity index (χ4v) is 3.30. The number of benzene rings is 3. The van der Waals surface area contributed by atoms with Crippen LogP contribution in [0.2, 0.25) is 0 Å². The summed E-state index contributed by atoms with van der Waals surface area (Å²) in [6, 6.07) is 23.7. The molecule has 3 aromatic carbocycles. The summed E-state index contributed by atoms with van der Waals surface area (Å²) in [5.41, 5.74) is 1.89. The average Bonchev–Trinajstić information content (AvgIpc) is 2.90. The lowest BCUT2D eigenvalue weighted by Crippen LogP contribution is -2.29. The summed E-state index contributed by atoms with van der Waals surface area (Å²) in [5, 5.41) is 2.23. The minimum absolute atomic E-state index is 0.0954. The Labute approximate surface area is 140 Å². The Balaban J connectivity index is 1.62. The van der Waals surface area contributed by atoms with E-state index in [1.807, 2.05) is 72.8 Å². The number of imide groups is 1. The number of rotatable bonds is 3. The van der Waals surface area contributed by atoms with Crippen LogP contribution < -0.4 is 0 Å². The smallest absolute Gasteiger partial charge is 0.237 e. The number of hydrogen-bond donors (Lipinski definition) is 0. The van der Waals surface area contributed by atoms with E-state index in [1.165, 1.54) is 4.90 Å². The molecule has 0 radical (unpaired) electrons. The van der Waals surface area contributed by atoms with E-state index >= 15 is 0 Å². The van der Waals surface area contributed by atoms with Gasteiger partial charge in [0, 0.05) is 6.42 Å². The van der Waals surface area contributed by atoms with Crippen LogP contribution in [0.1, 0.15) is 23.5 Å². The number of hydrogen-bond acceptors (Lipinski definition) is 2. The van der Waals surface area contributed by atoms with Crippen LogP contribution in [-0.2, 0) is 16.1 Å². The second-order valence-electron chi connectivity index (χ2n) is 6.17. The zero-order chi connectivity index (χ0) is 16.5. The molecule has 24 heavy (non-hydrogen) atoms. The molecule has 0 bridgehead atoms. The molecule has 0 spiro atoms. The highest BCUT2D eigenvalue weighted by Crippen LogP contribution is 2.32. The van der Waals surface area contributed by atoms with Crippen LogP contribution in [0.5, 0.6) is 0 Å². The highest BCUT2D eigenvalue weighted by molar-refractivity contribution is 6.06. The molecule has 0 unspecified atom stereocenters. The molecule has 1 aliphatic heterocycles. The predicted molar refractivity (Wildman–Crippen MR) is 93.3 cm³/mol. The maximum atomic E-state index is 12.8. The Bertz CT molecular complexity index is 917. The molecule has 1 saturated heterocycles. The summed E-state index contributed by atoms with van der Waals surface area (Å²) in [6.45, 7) is 0.350. The van der Waals surface area contributed by atoms with Gasteiger partial charge < -0.3 is 0 Å². The zero-order valence-electron chi connectivity index (χ0n) is 13.2. The van der Waals surface area contributed by atoms with Gasteiger partial charge in [-0.25, -0.2) is 0 Å². The average molecular weight is 315 g/mol. The molecule has 3 aromatic rings. The Morgan fingerprint density at radius 3 is 2.33 bits per heavy atom. The monoisotopic (exact) mass is 315 g/mol. The van der Waals surface area contributed by atoms with Gasteiger partial charge in [-0.3, -0.25) is 14.5 Å². The van der Waals surface area contributed by atoms with E-state index in [2.05, 4.69) is 0 Å². The molecule has 0 saturated carbocycles. The molecule has 3 nitrogen and oxygen atoms in total. The second-order valence-corrected chi connectivity index (χ2v) is 6.17. The summed E-state index contributed by atoms with van der Waals surface area (Å²) in [5.74, 6) is -0.563. The van der Waals surface area contributed by atoms with Crippen molar-refractivity contribution in [3.8, 4) is 0 Å². The fourth-order valence-electron chi connectivity index (χ4n) is 3.30. The molecule has 1 fully saturated rings. The third-order valence-electron chi connectivity index (χ3n) is 4.60. The molecular formula is C21H17NO2. The standard InChI is InChI=1S/C21H17NO2/c23-20-13-19(18-11-10-16-8-4-5-9-17(16)12-18)21(24)22(20)14-15-6-2-1-3-7-15/h1-12,19H,13-14H2/t19-/m1/s1. The van der Waals surface area contributed by atoms with E-state index in [0.29, 0.717) is 6.54 Å². The van der Waals surface area contributed by atoms with Gasteiger partial charge in [0.15, 0.2) is 0 Å². The van der Waals surface area contributed by atoms with E-state index in [-0.39, 0.29) is 24.2 Å². The summed E-state index contributed by atoms with van der Waals surface area (Å²) >= 11 is 0. The van der Waals surface area contributed by atoms with Crippen LogP contribution in [0.4, 0.5) is 0 Å². The topological polar surface area (TPSA) is 37.4 Å². The molecule has 2 amide bonds. The Morgan fingerprint density at radius 2 is 1.54 bits per heavy atom. The highest BCUT2D eigenvalue weighted by atomic mass is 16.2. The predicted octanol–water partition coefficient (Wildman–Crippen LogP) is 3.88. The van der Waals surface area contributed by atoms with Crippen molar-refractivity contribution in [1.29, 1.82) is 0 Å². The van der Waals surface area contributed by atoms with Crippen LogP contribution in [0.25, 0.3) is 10.8 Å². The van der Waals surface area contributed by atoms with E-state index in [9.17, 15) is 9.59 Å². The SMILES string of the molecule is O=C1C[C@H](c2ccc3ccccc3c2)C(=O)N1Cc1ccccc1. The zero-order valence-corrected chi connectivity index (χ0v) is 13.2. The largest absolute Gasteiger partial charge is 0.278 e. The minimum Gasteiger partial charge on any atom is -0.278 e. The molecule has 1 heterocycles. The first kappa shape index (κ1) is 14.6. The number of carbonyl (C=O) groups excluding carboxylic acids is 2. The third kappa shape index (κ3) is 2.58. The van der Waals surface area contributed by atoms with Crippen molar-refractivity contribution in [2.45, 2.75) is 18.9 Å². The molecule has 1 aliphatic rings. The first-order chi connectivity index (χ1) is 11.7. The Kier molecular flexibility index (Phi) is 3.62. The van der Waals surface area contributed by atoms with Gasteiger partial charge in [0.1, 0.15) is 0 Å². The number of fused-ring (bicyclic) bond motifs is 1. The molecule has 3 heteroatoms. The van der Waals surface area contributed by atoms with Crippen LogP contribution in [0, 0.1) is 0 Å². The number of nitrogens with zero attached hydrogens (tertiary/aromatic N) is 1. The molecule has 0 aromatic heterocycles. The Morgan fingerprint density at radius 1 is 0.833 bits per heavy atom. The lowest BCUT2D eigenvalue weighted by molar-refractivity contribution is -0.139.